The number of methoxy groups -OCH3 is 1. The molecule has 1 rings (SSSR count). The van der Waals surface area contributed by atoms with E-state index in [9.17, 15) is 0 Å². The van der Waals surface area contributed by atoms with Crippen LogP contribution in [0.5, 0.6) is 0 Å². The van der Waals surface area contributed by atoms with Crippen molar-refractivity contribution in [2.24, 2.45) is 0 Å². The Morgan fingerprint density at radius 3 is 2.50 bits per heavy atom. The fourth-order valence-electron chi connectivity index (χ4n) is 1.74. The highest BCUT2D eigenvalue weighted by Gasteiger charge is 2.09. The SMILES string of the molecule is COCCOCCCC(CCl)c1ccc(Br)cc1. The van der Waals surface area contributed by atoms with Crippen molar-refractivity contribution in [2.75, 3.05) is 32.8 Å². The average molecular weight is 336 g/mol. The lowest BCUT2D eigenvalue weighted by molar-refractivity contribution is 0.0683. The number of ether oxygens (including phenoxy) is 2. The maximum Gasteiger partial charge on any atom is 0.0700 e. The molecule has 0 N–H and O–H groups in total. The van der Waals surface area contributed by atoms with Gasteiger partial charge < -0.3 is 9.47 Å². The van der Waals surface area contributed by atoms with Crippen molar-refractivity contribution < 1.29 is 9.47 Å². The number of hydrogen-bond acceptors (Lipinski definition) is 2. The first-order valence-corrected chi connectivity index (χ1v) is 7.48. The Labute approximate surface area is 123 Å². The van der Waals surface area contributed by atoms with Gasteiger partial charge in [-0.25, -0.2) is 0 Å². The van der Waals surface area contributed by atoms with Crippen LogP contribution in [0.1, 0.15) is 24.3 Å². The number of benzene rings is 1. The standard InChI is InChI=1S/C14H20BrClO2/c1-17-9-10-18-8-2-3-13(11-16)12-4-6-14(15)7-5-12/h4-7,13H,2-3,8-11H2,1H3. The first kappa shape index (κ1) is 16.0. The van der Waals surface area contributed by atoms with E-state index in [4.69, 9.17) is 21.1 Å². The van der Waals surface area contributed by atoms with Gasteiger partial charge in [-0.2, -0.15) is 0 Å². The second-order valence-corrected chi connectivity index (χ2v) is 5.37. The van der Waals surface area contributed by atoms with Crippen LogP contribution in [0.15, 0.2) is 28.7 Å². The van der Waals surface area contributed by atoms with Crippen molar-refractivity contribution in [1.29, 1.82) is 0 Å². The molecule has 2 nitrogen and oxygen atoms in total. The lowest BCUT2D eigenvalue weighted by Gasteiger charge is -2.14. The van der Waals surface area contributed by atoms with Crippen LogP contribution in [0.2, 0.25) is 0 Å². The number of hydrogen-bond donors (Lipinski definition) is 0. The maximum absolute atomic E-state index is 6.03. The smallest absolute Gasteiger partial charge is 0.0700 e. The minimum absolute atomic E-state index is 0.408. The minimum atomic E-state index is 0.408. The highest BCUT2D eigenvalue weighted by molar-refractivity contribution is 9.10. The van der Waals surface area contributed by atoms with E-state index in [2.05, 4.69) is 40.2 Å². The molecule has 0 heterocycles. The Morgan fingerprint density at radius 2 is 1.89 bits per heavy atom. The van der Waals surface area contributed by atoms with Crippen molar-refractivity contribution >= 4 is 27.5 Å². The lowest BCUT2D eigenvalue weighted by Crippen LogP contribution is -2.06. The molecule has 0 aromatic heterocycles. The summed E-state index contributed by atoms with van der Waals surface area (Å²) in [4.78, 5) is 0. The van der Waals surface area contributed by atoms with Gasteiger partial charge in [-0.15, -0.1) is 11.6 Å². The summed E-state index contributed by atoms with van der Waals surface area (Å²) in [5.74, 6) is 1.06. The highest BCUT2D eigenvalue weighted by Crippen LogP contribution is 2.24. The lowest BCUT2D eigenvalue weighted by atomic mass is 9.96. The molecule has 0 saturated carbocycles. The molecule has 18 heavy (non-hydrogen) atoms. The van der Waals surface area contributed by atoms with Gasteiger partial charge in [0.25, 0.3) is 0 Å². The van der Waals surface area contributed by atoms with E-state index in [0.717, 1.165) is 23.9 Å². The summed E-state index contributed by atoms with van der Waals surface area (Å²) < 4.78 is 11.5. The van der Waals surface area contributed by atoms with Crippen LogP contribution in [-0.4, -0.2) is 32.8 Å². The van der Waals surface area contributed by atoms with Crippen molar-refractivity contribution in [3.63, 3.8) is 0 Å². The van der Waals surface area contributed by atoms with Crippen LogP contribution in [0.3, 0.4) is 0 Å². The van der Waals surface area contributed by atoms with Crippen LogP contribution >= 0.6 is 27.5 Å². The molecule has 102 valence electrons. The summed E-state index contributed by atoms with van der Waals surface area (Å²) in [7, 11) is 1.68. The molecule has 0 radical (unpaired) electrons. The van der Waals surface area contributed by atoms with Gasteiger partial charge in [-0.1, -0.05) is 28.1 Å². The van der Waals surface area contributed by atoms with Crippen LogP contribution in [0, 0.1) is 0 Å². The van der Waals surface area contributed by atoms with Gasteiger partial charge in [0.1, 0.15) is 0 Å². The Kier molecular flexibility index (Phi) is 8.68. The summed E-state index contributed by atoms with van der Waals surface area (Å²) in [5.41, 5.74) is 1.30. The first-order valence-electron chi connectivity index (χ1n) is 6.16. The van der Waals surface area contributed by atoms with Gasteiger partial charge in [0, 0.05) is 24.1 Å². The normalized spacial score (nSPS) is 12.6. The Morgan fingerprint density at radius 1 is 1.17 bits per heavy atom. The third-order valence-electron chi connectivity index (χ3n) is 2.80. The largest absolute Gasteiger partial charge is 0.382 e. The van der Waals surface area contributed by atoms with Gasteiger partial charge in [-0.05, 0) is 36.5 Å². The van der Waals surface area contributed by atoms with E-state index < -0.39 is 0 Å². The van der Waals surface area contributed by atoms with Crippen LogP contribution < -0.4 is 0 Å². The molecule has 1 unspecified atom stereocenters. The Bertz CT molecular complexity index is 316. The van der Waals surface area contributed by atoms with Gasteiger partial charge in [-0.3, -0.25) is 0 Å². The zero-order valence-electron chi connectivity index (χ0n) is 10.7. The van der Waals surface area contributed by atoms with E-state index in [0.29, 0.717) is 25.0 Å². The quantitative estimate of drug-likeness (QED) is 0.497. The monoisotopic (exact) mass is 334 g/mol. The second-order valence-electron chi connectivity index (χ2n) is 4.15. The first-order chi connectivity index (χ1) is 8.77. The minimum Gasteiger partial charge on any atom is -0.382 e. The van der Waals surface area contributed by atoms with Gasteiger partial charge in [0.15, 0.2) is 0 Å². The number of halogens is 2. The molecule has 0 aliphatic heterocycles. The molecule has 1 aromatic rings. The molecule has 0 bridgehead atoms. The van der Waals surface area contributed by atoms with Crippen molar-refractivity contribution in [2.45, 2.75) is 18.8 Å². The van der Waals surface area contributed by atoms with Crippen LogP contribution in [0.25, 0.3) is 0 Å². The molecule has 0 fully saturated rings. The molecule has 0 aliphatic carbocycles. The zero-order valence-corrected chi connectivity index (χ0v) is 13.0. The third-order valence-corrected chi connectivity index (χ3v) is 3.70. The average Bonchev–Trinajstić information content (AvgIpc) is 2.39. The summed E-state index contributed by atoms with van der Waals surface area (Å²) in [6.07, 6.45) is 2.08. The van der Waals surface area contributed by atoms with Crippen LogP contribution in [-0.2, 0) is 9.47 Å². The van der Waals surface area contributed by atoms with Crippen molar-refractivity contribution in [1.82, 2.24) is 0 Å². The summed E-state index contributed by atoms with van der Waals surface area (Å²) in [6, 6.07) is 8.37. The number of rotatable bonds is 9. The van der Waals surface area contributed by atoms with Crippen LogP contribution in [0.4, 0.5) is 0 Å². The Hall–Kier alpha value is -0.0900. The molecule has 0 aliphatic rings. The molecule has 0 amide bonds. The highest BCUT2D eigenvalue weighted by atomic mass is 79.9. The summed E-state index contributed by atoms with van der Waals surface area (Å²) in [6.45, 7) is 2.10. The molecule has 1 aromatic carbocycles. The van der Waals surface area contributed by atoms with E-state index in [-0.39, 0.29) is 0 Å². The molecule has 0 saturated heterocycles. The molecule has 4 heteroatoms. The summed E-state index contributed by atoms with van der Waals surface area (Å²) in [5, 5.41) is 0. The van der Waals surface area contributed by atoms with E-state index in [1.165, 1.54) is 5.56 Å². The predicted octanol–water partition coefficient (Wildman–Crippen LogP) is 4.21. The predicted molar refractivity (Wildman–Crippen MR) is 79.5 cm³/mol. The molecular weight excluding hydrogens is 316 g/mol. The van der Waals surface area contributed by atoms with Gasteiger partial charge in [0.2, 0.25) is 0 Å². The fourth-order valence-corrected chi connectivity index (χ4v) is 2.34. The second kappa shape index (κ2) is 9.79. The molecular formula is C14H20BrClO2. The Balaban J connectivity index is 2.27. The van der Waals surface area contributed by atoms with E-state index in [1.807, 2.05) is 0 Å². The van der Waals surface area contributed by atoms with Gasteiger partial charge >= 0.3 is 0 Å². The molecule has 0 spiro atoms. The summed E-state index contributed by atoms with van der Waals surface area (Å²) >= 11 is 9.47. The zero-order chi connectivity index (χ0) is 13.2. The van der Waals surface area contributed by atoms with E-state index >= 15 is 0 Å². The number of alkyl halides is 1. The fraction of sp³-hybridized carbons (Fsp3) is 0.571. The molecule has 1 atom stereocenters. The van der Waals surface area contributed by atoms with E-state index in [1.54, 1.807) is 7.11 Å². The van der Waals surface area contributed by atoms with Crippen molar-refractivity contribution in [3.05, 3.63) is 34.3 Å². The topological polar surface area (TPSA) is 18.5 Å². The maximum atomic E-state index is 6.03. The third kappa shape index (κ3) is 6.19. The van der Waals surface area contributed by atoms with Gasteiger partial charge in [0.05, 0.1) is 13.2 Å². The van der Waals surface area contributed by atoms with Crippen molar-refractivity contribution in [3.8, 4) is 0 Å².